The number of benzene rings is 1. The lowest BCUT2D eigenvalue weighted by Gasteiger charge is -2.33. The summed E-state index contributed by atoms with van der Waals surface area (Å²) in [6.07, 6.45) is 5.06. The number of rotatable bonds is 6. The molecule has 3 heteroatoms. The average Bonchev–Trinajstić information content (AvgIpc) is 2.49. The third-order valence-electron chi connectivity index (χ3n) is 4.70. The van der Waals surface area contributed by atoms with E-state index in [1.807, 2.05) is 6.07 Å². The zero-order valence-corrected chi connectivity index (χ0v) is 13.8. The number of methoxy groups -OCH3 is 2. The predicted molar refractivity (Wildman–Crippen MR) is 87.2 cm³/mol. The van der Waals surface area contributed by atoms with E-state index in [1.54, 1.807) is 14.2 Å². The van der Waals surface area contributed by atoms with E-state index in [-0.39, 0.29) is 0 Å². The van der Waals surface area contributed by atoms with E-state index in [1.165, 1.54) is 24.8 Å². The molecular weight excluding hydrogens is 262 g/mol. The average molecular weight is 291 g/mol. The van der Waals surface area contributed by atoms with Crippen molar-refractivity contribution in [1.29, 1.82) is 0 Å². The van der Waals surface area contributed by atoms with Crippen molar-refractivity contribution in [3.05, 3.63) is 23.8 Å². The van der Waals surface area contributed by atoms with Gasteiger partial charge in [-0.2, -0.15) is 0 Å². The fourth-order valence-corrected chi connectivity index (χ4v) is 3.41. The van der Waals surface area contributed by atoms with Crippen LogP contribution in [0.5, 0.6) is 11.5 Å². The standard InChI is InChI=1S/C18H29NO2/c1-13-5-7-16(14(2)11-13)19-10-9-15-6-8-17(20-3)18(12-15)21-4/h6,8,12-14,16,19H,5,7,9-11H2,1-4H3. The van der Waals surface area contributed by atoms with E-state index in [2.05, 4.69) is 31.3 Å². The van der Waals surface area contributed by atoms with E-state index in [0.717, 1.165) is 36.3 Å². The molecule has 0 heterocycles. The molecule has 0 amide bonds. The summed E-state index contributed by atoms with van der Waals surface area (Å²) in [6, 6.07) is 6.86. The Morgan fingerprint density at radius 1 is 1.10 bits per heavy atom. The molecule has 1 saturated carbocycles. The summed E-state index contributed by atoms with van der Waals surface area (Å²) in [7, 11) is 3.36. The SMILES string of the molecule is COc1ccc(CCNC2CCC(C)CC2C)cc1OC. The van der Waals surface area contributed by atoms with Gasteiger partial charge in [-0.15, -0.1) is 0 Å². The van der Waals surface area contributed by atoms with Crippen LogP contribution < -0.4 is 14.8 Å². The van der Waals surface area contributed by atoms with Gasteiger partial charge in [-0.05, 0) is 61.8 Å². The Balaban J connectivity index is 1.83. The summed E-state index contributed by atoms with van der Waals surface area (Å²) in [5, 5.41) is 3.73. The summed E-state index contributed by atoms with van der Waals surface area (Å²) in [5.41, 5.74) is 1.29. The second-order valence-corrected chi connectivity index (χ2v) is 6.40. The second-order valence-electron chi connectivity index (χ2n) is 6.40. The van der Waals surface area contributed by atoms with E-state index in [4.69, 9.17) is 9.47 Å². The maximum Gasteiger partial charge on any atom is 0.160 e. The van der Waals surface area contributed by atoms with Crippen LogP contribution in [0.2, 0.25) is 0 Å². The topological polar surface area (TPSA) is 30.5 Å². The molecule has 0 spiro atoms. The monoisotopic (exact) mass is 291 g/mol. The minimum absolute atomic E-state index is 0.682. The maximum atomic E-state index is 5.36. The first-order chi connectivity index (χ1) is 10.1. The highest BCUT2D eigenvalue weighted by atomic mass is 16.5. The van der Waals surface area contributed by atoms with E-state index < -0.39 is 0 Å². The number of nitrogens with one attached hydrogen (secondary N) is 1. The molecular formula is C18H29NO2. The minimum atomic E-state index is 0.682. The first-order valence-corrected chi connectivity index (χ1v) is 8.08. The molecule has 0 bridgehead atoms. The summed E-state index contributed by atoms with van der Waals surface area (Å²) in [5.74, 6) is 3.29. The number of hydrogen-bond donors (Lipinski definition) is 1. The smallest absolute Gasteiger partial charge is 0.160 e. The largest absolute Gasteiger partial charge is 0.493 e. The lowest BCUT2D eigenvalue weighted by molar-refractivity contribution is 0.229. The van der Waals surface area contributed by atoms with Crippen LogP contribution in [0.3, 0.4) is 0 Å². The first kappa shape index (κ1) is 16.2. The molecule has 1 aliphatic rings. The van der Waals surface area contributed by atoms with Gasteiger partial charge in [-0.3, -0.25) is 0 Å². The molecule has 3 nitrogen and oxygen atoms in total. The Bertz CT molecular complexity index is 447. The third-order valence-corrected chi connectivity index (χ3v) is 4.70. The molecule has 21 heavy (non-hydrogen) atoms. The van der Waals surface area contributed by atoms with Gasteiger partial charge in [0.2, 0.25) is 0 Å². The van der Waals surface area contributed by atoms with Gasteiger partial charge in [-0.1, -0.05) is 19.9 Å². The van der Waals surface area contributed by atoms with E-state index >= 15 is 0 Å². The molecule has 1 aliphatic carbocycles. The molecule has 1 aromatic rings. The normalized spacial score (nSPS) is 25.6. The highest BCUT2D eigenvalue weighted by Crippen LogP contribution is 2.29. The van der Waals surface area contributed by atoms with Crippen molar-refractivity contribution in [2.24, 2.45) is 11.8 Å². The Morgan fingerprint density at radius 2 is 1.86 bits per heavy atom. The van der Waals surface area contributed by atoms with Crippen LogP contribution in [0.15, 0.2) is 18.2 Å². The van der Waals surface area contributed by atoms with Crippen LogP contribution in [-0.4, -0.2) is 26.8 Å². The summed E-state index contributed by atoms with van der Waals surface area (Å²) < 4.78 is 10.6. The molecule has 0 aromatic heterocycles. The van der Waals surface area contributed by atoms with Crippen molar-refractivity contribution in [3.63, 3.8) is 0 Å². The molecule has 3 unspecified atom stereocenters. The first-order valence-electron chi connectivity index (χ1n) is 8.08. The fraction of sp³-hybridized carbons (Fsp3) is 0.667. The van der Waals surface area contributed by atoms with Crippen molar-refractivity contribution < 1.29 is 9.47 Å². The Morgan fingerprint density at radius 3 is 2.52 bits per heavy atom. The third kappa shape index (κ3) is 4.37. The van der Waals surface area contributed by atoms with Crippen LogP contribution in [0, 0.1) is 11.8 Å². The second kappa shape index (κ2) is 7.69. The predicted octanol–water partition coefficient (Wildman–Crippen LogP) is 3.66. The van der Waals surface area contributed by atoms with Gasteiger partial charge >= 0.3 is 0 Å². The molecule has 118 valence electrons. The Labute approximate surface area is 129 Å². The fourth-order valence-electron chi connectivity index (χ4n) is 3.41. The summed E-state index contributed by atoms with van der Waals surface area (Å²) in [6.45, 7) is 5.78. The zero-order valence-electron chi connectivity index (χ0n) is 13.8. The molecule has 0 aliphatic heterocycles. The molecule has 1 fully saturated rings. The van der Waals surface area contributed by atoms with Gasteiger partial charge in [0.15, 0.2) is 11.5 Å². The lowest BCUT2D eigenvalue weighted by Crippen LogP contribution is -2.39. The van der Waals surface area contributed by atoms with Crippen molar-refractivity contribution in [3.8, 4) is 11.5 Å². The highest BCUT2D eigenvalue weighted by Gasteiger charge is 2.24. The van der Waals surface area contributed by atoms with Crippen molar-refractivity contribution >= 4 is 0 Å². The van der Waals surface area contributed by atoms with Crippen LogP contribution in [0.25, 0.3) is 0 Å². The van der Waals surface area contributed by atoms with Crippen LogP contribution in [0.4, 0.5) is 0 Å². The van der Waals surface area contributed by atoms with Crippen LogP contribution >= 0.6 is 0 Å². The van der Waals surface area contributed by atoms with Crippen LogP contribution in [0.1, 0.15) is 38.7 Å². The Kier molecular flexibility index (Phi) is 5.92. The Hall–Kier alpha value is -1.22. The van der Waals surface area contributed by atoms with E-state index in [9.17, 15) is 0 Å². The summed E-state index contributed by atoms with van der Waals surface area (Å²) in [4.78, 5) is 0. The quantitative estimate of drug-likeness (QED) is 0.867. The summed E-state index contributed by atoms with van der Waals surface area (Å²) >= 11 is 0. The van der Waals surface area contributed by atoms with Crippen molar-refractivity contribution in [2.75, 3.05) is 20.8 Å². The number of ether oxygens (including phenoxy) is 2. The zero-order chi connectivity index (χ0) is 15.2. The van der Waals surface area contributed by atoms with Gasteiger partial charge in [0.1, 0.15) is 0 Å². The maximum absolute atomic E-state index is 5.36. The highest BCUT2D eigenvalue weighted by molar-refractivity contribution is 5.42. The van der Waals surface area contributed by atoms with E-state index in [0.29, 0.717) is 6.04 Å². The molecule has 2 rings (SSSR count). The van der Waals surface area contributed by atoms with Crippen molar-refractivity contribution in [1.82, 2.24) is 5.32 Å². The van der Waals surface area contributed by atoms with Crippen molar-refractivity contribution in [2.45, 2.75) is 45.6 Å². The molecule has 0 radical (unpaired) electrons. The van der Waals surface area contributed by atoms with Gasteiger partial charge in [-0.25, -0.2) is 0 Å². The van der Waals surface area contributed by atoms with Gasteiger partial charge < -0.3 is 14.8 Å². The van der Waals surface area contributed by atoms with Crippen LogP contribution in [-0.2, 0) is 6.42 Å². The lowest BCUT2D eigenvalue weighted by atomic mass is 9.80. The van der Waals surface area contributed by atoms with Gasteiger partial charge in [0.05, 0.1) is 14.2 Å². The molecule has 0 saturated heterocycles. The molecule has 1 aromatic carbocycles. The minimum Gasteiger partial charge on any atom is -0.493 e. The molecule has 3 atom stereocenters. The van der Waals surface area contributed by atoms with Gasteiger partial charge in [0, 0.05) is 6.04 Å². The number of hydrogen-bond acceptors (Lipinski definition) is 3. The molecule has 1 N–H and O–H groups in total. The van der Waals surface area contributed by atoms with Gasteiger partial charge in [0.25, 0.3) is 0 Å².